The summed E-state index contributed by atoms with van der Waals surface area (Å²) >= 11 is 0. The number of anilines is 1. The standard InChI is InChI=1S/C24H29N7O2/c1-32-19-8-6-18(7-9-19)22-27-23-25-16-29(11-10-28-12-14-33-15-13-28)17-30(23)24-26-20-4-2-3-5-21(20)31(22)24/h2-9,22H,10-17H2,1H3,(H,25,27). The zero-order chi connectivity index (χ0) is 22.2. The Bertz CT molecular complexity index is 1150. The molecule has 0 aliphatic carbocycles. The lowest BCUT2D eigenvalue weighted by Gasteiger charge is -2.42. The summed E-state index contributed by atoms with van der Waals surface area (Å²) in [6.07, 6.45) is -0.0896. The lowest BCUT2D eigenvalue weighted by molar-refractivity contribution is 0.0334. The highest BCUT2D eigenvalue weighted by Crippen LogP contribution is 2.34. The van der Waals surface area contributed by atoms with E-state index in [2.05, 4.69) is 54.9 Å². The average molecular weight is 448 g/mol. The van der Waals surface area contributed by atoms with Crippen molar-refractivity contribution >= 4 is 22.9 Å². The van der Waals surface area contributed by atoms with Crippen LogP contribution in [0, 0.1) is 0 Å². The molecule has 4 heterocycles. The lowest BCUT2D eigenvalue weighted by atomic mass is 10.1. The van der Waals surface area contributed by atoms with Crippen LogP contribution in [0.1, 0.15) is 11.7 Å². The van der Waals surface area contributed by atoms with Crippen molar-refractivity contribution < 1.29 is 9.47 Å². The van der Waals surface area contributed by atoms with Gasteiger partial charge in [0.05, 0.1) is 44.7 Å². The molecule has 0 radical (unpaired) electrons. The van der Waals surface area contributed by atoms with Crippen LogP contribution in [0.3, 0.4) is 0 Å². The Hall–Kier alpha value is -3.14. The number of aromatic nitrogens is 2. The topological polar surface area (TPSA) is 70.4 Å². The minimum atomic E-state index is -0.0896. The van der Waals surface area contributed by atoms with E-state index < -0.39 is 0 Å². The molecule has 1 aromatic heterocycles. The predicted octanol–water partition coefficient (Wildman–Crippen LogP) is 1.92. The average Bonchev–Trinajstić information content (AvgIpc) is 3.28. The minimum absolute atomic E-state index is 0.0896. The number of nitrogens with one attached hydrogen (secondary N) is 1. The van der Waals surface area contributed by atoms with Crippen LogP contribution in [0.25, 0.3) is 11.0 Å². The van der Waals surface area contributed by atoms with E-state index in [1.54, 1.807) is 7.11 Å². The Morgan fingerprint density at radius 2 is 1.82 bits per heavy atom. The zero-order valence-electron chi connectivity index (χ0n) is 18.9. The summed E-state index contributed by atoms with van der Waals surface area (Å²) in [7, 11) is 1.69. The molecular formula is C24H29N7O2. The third kappa shape index (κ3) is 3.82. The fourth-order valence-corrected chi connectivity index (χ4v) is 4.78. The predicted molar refractivity (Wildman–Crippen MR) is 128 cm³/mol. The van der Waals surface area contributed by atoms with Crippen molar-refractivity contribution in [1.82, 2.24) is 24.7 Å². The molecule has 2 aromatic carbocycles. The van der Waals surface area contributed by atoms with E-state index in [-0.39, 0.29) is 6.17 Å². The number of para-hydroxylation sites is 2. The largest absolute Gasteiger partial charge is 0.497 e. The van der Waals surface area contributed by atoms with Gasteiger partial charge in [-0.05, 0) is 29.8 Å². The second-order valence-electron chi connectivity index (χ2n) is 8.63. The Kier molecular flexibility index (Phi) is 5.37. The molecule has 3 aromatic rings. The summed E-state index contributed by atoms with van der Waals surface area (Å²) in [5, 5.41) is 3.67. The maximum absolute atomic E-state index is 5.48. The number of guanidine groups is 1. The SMILES string of the molecule is COc1ccc(C2NC3=NCN(CCN4CCOCC4)CN3c3nc4ccccc4n32)cc1. The smallest absolute Gasteiger partial charge is 0.216 e. The normalized spacial score (nSPS) is 21.3. The van der Waals surface area contributed by atoms with Crippen LogP contribution in [0.4, 0.5) is 5.95 Å². The lowest BCUT2D eigenvalue weighted by Crippen LogP contribution is -2.58. The van der Waals surface area contributed by atoms with E-state index >= 15 is 0 Å². The number of fused-ring (bicyclic) bond motifs is 5. The molecule has 6 rings (SSSR count). The van der Waals surface area contributed by atoms with Gasteiger partial charge in [0.1, 0.15) is 11.9 Å². The molecule has 33 heavy (non-hydrogen) atoms. The van der Waals surface area contributed by atoms with Gasteiger partial charge in [0.25, 0.3) is 0 Å². The van der Waals surface area contributed by atoms with Crippen LogP contribution < -0.4 is 15.0 Å². The van der Waals surface area contributed by atoms with Gasteiger partial charge in [-0.15, -0.1) is 0 Å². The molecule has 0 amide bonds. The van der Waals surface area contributed by atoms with Crippen LogP contribution in [0.2, 0.25) is 0 Å². The van der Waals surface area contributed by atoms with Gasteiger partial charge in [-0.25, -0.2) is 9.98 Å². The van der Waals surface area contributed by atoms with Gasteiger partial charge in [-0.1, -0.05) is 24.3 Å². The van der Waals surface area contributed by atoms with E-state index in [0.717, 1.165) is 80.3 Å². The molecule has 1 saturated heterocycles. The second kappa shape index (κ2) is 8.66. The molecule has 172 valence electrons. The number of nitrogens with zero attached hydrogens (tertiary/aromatic N) is 6. The van der Waals surface area contributed by atoms with E-state index in [0.29, 0.717) is 6.67 Å². The van der Waals surface area contributed by atoms with Crippen molar-refractivity contribution in [1.29, 1.82) is 0 Å². The molecule has 3 aliphatic heterocycles. The second-order valence-corrected chi connectivity index (χ2v) is 8.63. The number of ether oxygens (including phenoxy) is 2. The molecule has 3 aliphatic rings. The molecule has 1 atom stereocenters. The zero-order valence-corrected chi connectivity index (χ0v) is 18.9. The molecule has 9 nitrogen and oxygen atoms in total. The van der Waals surface area contributed by atoms with E-state index in [1.807, 2.05) is 18.2 Å². The van der Waals surface area contributed by atoms with Crippen molar-refractivity contribution in [2.45, 2.75) is 6.17 Å². The highest BCUT2D eigenvalue weighted by molar-refractivity contribution is 5.98. The Morgan fingerprint density at radius 3 is 2.64 bits per heavy atom. The highest BCUT2D eigenvalue weighted by Gasteiger charge is 2.35. The number of hydrogen-bond donors (Lipinski definition) is 1. The third-order valence-corrected chi connectivity index (χ3v) is 6.63. The van der Waals surface area contributed by atoms with Gasteiger partial charge < -0.3 is 14.8 Å². The monoisotopic (exact) mass is 447 g/mol. The third-order valence-electron chi connectivity index (χ3n) is 6.63. The van der Waals surface area contributed by atoms with Crippen molar-refractivity contribution in [3.8, 4) is 5.75 Å². The van der Waals surface area contributed by atoms with Gasteiger partial charge in [0, 0.05) is 26.2 Å². The van der Waals surface area contributed by atoms with Crippen LogP contribution >= 0.6 is 0 Å². The summed E-state index contributed by atoms with van der Waals surface area (Å²) in [5.74, 6) is 2.64. The van der Waals surface area contributed by atoms with Gasteiger partial charge in [0.2, 0.25) is 11.9 Å². The van der Waals surface area contributed by atoms with Gasteiger partial charge >= 0.3 is 0 Å². The van der Waals surface area contributed by atoms with Crippen LogP contribution in [-0.4, -0.2) is 85.2 Å². The van der Waals surface area contributed by atoms with Crippen LogP contribution in [0.15, 0.2) is 53.5 Å². The number of rotatable bonds is 5. The summed E-state index contributed by atoms with van der Waals surface area (Å²) in [5.41, 5.74) is 3.22. The van der Waals surface area contributed by atoms with Gasteiger partial charge in [-0.3, -0.25) is 19.3 Å². The van der Waals surface area contributed by atoms with Crippen molar-refractivity contribution in [2.24, 2.45) is 4.99 Å². The van der Waals surface area contributed by atoms with Crippen molar-refractivity contribution in [3.05, 3.63) is 54.1 Å². The molecular weight excluding hydrogens is 418 g/mol. The minimum Gasteiger partial charge on any atom is -0.497 e. The first-order valence-electron chi connectivity index (χ1n) is 11.5. The molecule has 0 spiro atoms. The van der Waals surface area contributed by atoms with Crippen molar-refractivity contribution in [3.63, 3.8) is 0 Å². The Balaban J connectivity index is 1.31. The number of imidazole rings is 1. The van der Waals surface area contributed by atoms with Gasteiger partial charge in [-0.2, -0.15) is 0 Å². The number of aliphatic imine (C=N–C) groups is 1. The van der Waals surface area contributed by atoms with Crippen molar-refractivity contribution in [2.75, 3.05) is 64.7 Å². The molecule has 1 fully saturated rings. The summed E-state index contributed by atoms with van der Waals surface area (Å²) in [4.78, 5) is 17.0. The molecule has 0 bridgehead atoms. The van der Waals surface area contributed by atoms with E-state index in [1.165, 1.54) is 0 Å². The molecule has 1 unspecified atom stereocenters. The van der Waals surface area contributed by atoms with E-state index in [4.69, 9.17) is 19.5 Å². The number of methoxy groups -OCH3 is 1. The maximum atomic E-state index is 5.48. The number of benzene rings is 2. The Morgan fingerprint density at radius 1 is 1.03 bits per heavy atom. The molecule has 0 saturated carbocycles. The highest BCUT2D eigenvalue weighted by atomic mass is 16.5. The maximum Gasteiger partial charge on any atom is 0.216 e. The summed E-state index contributed by atoms with van der Waals surface area (Å²) in [6.45, 7) is 7.10. The van der Waals surface area contributed by atoms with Gasteiger partial charge in [0.15, 0.2) is 0 Å². The molecule has 1 N–H and O–H groups in total. The molecule has 9 heteroatoms. The summed E-state index contributed by atoms with van der Waals surface area (Å²) < 4.78 is 13.1. The van der Waals surface area contributed by atoms with Crippen LogP contribution in [-0.2, 0) is 4.74 Å². The first kappa shape index (κ1) is 20.5. The first-order valence-corrected chi connectivity index (χ1v) is 11.5. The number of hydrogen-bond acceptors (Lipinski definition) is 8. The summed E-state index contributed by atoms with van der Waals surface area (Å²) in [6, 6.07) is 16.5. The fourth-order valence-electron chi connectivity index (χ4n) is 4.78. The fraction of sp³-hybridized carbons (Fsp3) is 0.417. The first-order chi connectivity index (χ1) is 16.3. The van der Waals surface area contributed by atoms with Crippen LogP contribution in [0.5, 0.6) is 5.75 Å². The Labute approximate surface area is 193 Å². The number of morpholine rings is 1. The van der Waals surface area contributed by atoms with E-state index in [9.17, 15) is 0 Å². The quantitative estimate of drug-likeness (QED) is 0.641.